The number of anilines is 1. The number of hydrogen-bond donors (Lipinski definition) is 0. The van der Waals surface area contributed by atoms with Crippen molar-refractivity contribution >= 4 is 39.7 Å². The molecule has 1 aliphatic rings. The van der Waals surface area contributed by atoms with Gasteiger partial charge in [0.15, 0.2) is 5.82 Å². The quantitative estimate of drug-likeness (QED) is 0.387. The lowest BCUT2D eigenvalue weighted by molar-refractivity contribution is 0.192. The minimum Gasteiger partial charge on any atom is -0.366 e. The molecule has 0 radical (unpaired) electrons. The van der Waals surface area contributed by atoms with Gasteiger partial charge < -0.3 is 4.90 Å². The summed E-state index contributed by atoms with van der Waals surface area (Å²) in [4.78, 5) is 8.78. The molecule has 1 aliphatic heterocycles. The smallest absolute Gasteiger partial charge is 0.173 e. The molecule has 9 heteroatoms. The van der Waals surface area contributed by atoms with Gasteiger partial charge in [0.05, 0.1) is 27.3 Å². The van der Waals surface area contributed by atoms with Gasteiger partial charge in [0.25, 0.3) is 0 Å². The van der Waals surface area contributed by atoms with Crippen LogP contribution in [0.25, 0.3) is 10.8 Å². The van der Waals surface area contributed by atoms with E-state index in [1.165, 1.54) is 16.3 Å². The van der Waals surface area contributed by atoms with Crippen LogP contribution in [-0.4, -0.2) is 56.3 Å². The third-order valence-electron chi connectivity index (χ3n) is 6.32. The van der Waals surface area contributed by atoms with Crippen LogP contribution in [0.4, 0.5) is 5.69 Å². The van der Waals surface area contributed by atoms with E-state index in [4.69, 9.17) is 23.2 Å². The summed E-state index contributed by atoms with van der Waals surface area (Å²) in [5.41, 5.74) is 1.80. The van der Waals surface area contributed by atoms with Gasteiger partial charge in [-0.1, -0.05) is 65.7 Å². The average molecular weight is 496 g/mol. The topological polar surface area (TPSA) is 63.0 Å². The van der Waals surface area contributed by atoms with Gasteiger partial charge in [-0.15, -0.1) is 5.10 Å². The van der Waals surface area contributed by atoms with Gasteiger partial charge in [-0.2, -0.15) is 0 Å². The molecule has 1 unspecified atom stereocenters. The Morgan fingerprint density at radius 2 is 1.56 bits per heavy atom. The molecule has 2 aromatic carbocycles. The zero-order chi connectivity index (χ0) is 23.9. The fraction of sp³-hybridized carbons (Fsp3) is 0.360. The number of hydrogen-bond acceptors (Lipinski definition) is 6. The van der Waals surface area contributed by atoms with Crippen LogP contribution in [0.15, 0.2) is 54.9 Å². The Morgan fingerprint density at radius 1 is 0.882 bits per heavy atom. The van der Waals surface area contributed by atoms with Crippen LogP contribution in [0.2, 0.25) is 10.0 Å². The molecule has 1 atom stereocenters. The highest BCUT2D eigenvalue weighted by Crippen LogP contribution is 2.37. The first kappa shape index (κ1) is 23.0. The molecule has 0 bridgehead atoms. The second-order valence-corrected chi connectivity index (χ2v) is 10.4. The van der Waals surface area contributed by atoms with E-state index < -0.39 is 0 Å². The van der Waals surface area contributed by atoms with E-state index in [1.807, 2.05) is 4.68 Å². The Bertz CT molecular complexity index is 1280. The van der Waals surface area contributed by atoms with Crippen molar-refractivity contribution in [1.29, 1.82) is 0 Å². The third kappa shape index (κ3) is 4.24. The molecule has 1 fully saturated rings. The molecular formula is C25H27Cl2N7. The van der Waals surface area contributed by atoms with E-state index in [-0.39, 0.29) is 11.6 Å². The number of piperazine rings is 1. The lowest BCUT2D eigenvalue weighted by atomic mass is 9.95. The molecular weight excluding hydrogens is 469 g/mol. The molecule has 34 heavy (non-hydrogen) atoms. The highest BCUT2D eigenvalue weighted by atomic mass is 35.5. The van der Waals surface area contributed by atoms with Crippen molar-refractivity contribution < 1.29 is 0 Å². The van der Waals surface area contributed by atoms with Crippen LogP contribution < -0.4 is 4.90 Å². The molecule has 7 nitrogen and oxygen atoms in total. The Labute approximate surface area is 209 Å². The Morgan fingerprint density at radius 3 is 2.26 bits per heavy atom. The lowest BCUT2D eigenvalue weighted by Crippen LogP contribution is -2.49. The molecule has 5 rings (SSSR count). The number of halogens is 2. The minimum atomic E-state index is -0.248. The van der Waals surface area contributed by atoms with Crippen molar-refractivity contribution in [3.8, 4) is 0 Å². The average Bonchev–Trinajstić information content (AvgIpc) is 3.31. The Balaban J connectivity index is 1.55. The maximum Gasteiger partial charge on any atom is 0.173 e. The van der Waals surface area contributed by atoms with Gasteiger partial charge in [-0.25, -0.2) is 4.68 Å². The molecule has 1 saturated heterocycles. The maximum absolute atomic E-state index is 6.44. The van der Waals surface area contributed by atoms with E-state index in [2.05, 4.69) is 93.5 Å². The minimum absolute atomic E-state index is 0.0918. The number of rotatable bonds is 4. The van der Waals surface area contributed by atoms with Gasteiger partial charge in [-0.05, 0) is 47.5 Å². The number of fused-ring (bicyclic) bond motifs is 1. The van der Waals surface area contributed by atoms with Crippen LogP contribution >= 0.6 is 23.2 Å². The van der Waals surface area contributed by atoms with Crippen molar-refractivity contribution in [2.45, 2.75) is 32.4 Å². The molecule has 0 saturated carbocycles. The standard InChI is InChI=1S/C25H27Cl2N7/c1-25(2,3)34-24(29-30-31-34)22(19-10-6-8-17-7-4-5-9-18(17)19)32-11-13-33(14-12-32)23-20(26)15-28-16-21(23)27/h4-10,15-16,22H,11-14H2,1-3H3. The molecule has 176 valence electrons. The van der Waals surface area contributed by atoms with E-state index in [0.717, 1.165) is 37.7 Å². The summed E-state index contributed by atoms with van der Waals surface area (Å²) < 4.78 is 1.95. The van der Waals surface area contributed by atoms with Crippen LogP contribution in [-0.2, 0) is 5.54 Å². The molecule has 4 aromatic rings. The van der Waals surface area contributed by atoms with Crippen LogP contribution in [0, 0.1) is 0 Å². The number of nitrogens with zero attached hydrogens (tertiary/aromatic N) is 7. The Kier molecular flexibility index (Phi) is 6.18. The van der Waals surface area contributed by atoms with Crippen molar-refractivity contribution in [2.75, 3.05) is 31.1 Å². The van der Waals surface area contributed by atoms with Crippen molar-refractivity contribution in [3.63, 3.8) is 0 Å². The van der Waals surface area contributed by atoms with Crippen molar-refractivity contribution in [1.82, 2.24) is 30.1 Å². The maximum atomic E-state index is 6.44. The van der Waals surface area contributed by atoms with Crippen LogP contribution in [0.5, 0.6) is 0 Å². The largest absolute Gasteiger partial charge is 0.366 e. The van der Waals surface area contributed by atoms with Gasteiger partial charge in [0.1, 0.15) is 0 Å². The number of pyridine rings is 1. The van der Waals surface area contributed by atoms with Crippen LogP contribution in [0.1, 0.15) is 38.2 Å². The van der Waals surface area contributed by atoms with Gasteiger partial charge in [0.2, 0.25) is 0 Å². The normalized spacial score (nSPS) is 16.2. The summed E-state index contributed by atoms with van der Waals surface area (Å²) in [5.74, 6) is 0.845. The number of benzene rings is 2. The Hall–Kier alpha value is -2.74. The molecule has 0 amide bonds. The molecule has 0 spiro atoms. The second-order valence-electron chi connectivity index (χ2n) is 9.57. The predicted octanol–water partition coefficient (Wildman–Crippen LogP) is 5.19. The number of tetrazole rings is 1. The summed E-state index contributed by atoms with van der Waals surface area (Å²) in [6.45, 7) is 9.54. The third-order valence-corrected chi connectivity index (χ3v) is 6.87. The fourth-order valence-electron chi connectivity index (χ4n) is 4.74. The summed E-state index contributed by atoms with van der Waals surface area (Å²) in [6, 6.07) is 14.8. The highest BCUT2D eigenvalue weighted by molar-refractivity contribution is 6.38. The predicted molar refractivity (Wildman–Crippen MR) is 137 cm³/mol. The molecule has 0 N–H and O–H groups in total. The van der Waals surface area contributed by atoms with Gasteiger partial charge in [-0.3, -0.25) is 9.88 Å². The summed E-state index contributed by atoms with van der Waals surface area (Å²) in [5, 5.41) is 16.6. The van der Waals surface area contributed by atoms with Gasteiger partial charge >= 0.3 is 0 Å². The van der Waals surface area contributed by atoms with E-state index in [0.29, 0.717) is 10.0 Å². The van der Waals surface area contributed by atoms with E-state index in [9.17, 15) is 0 Å². The van der Waals surface area contributed by atoms with Crippen LogP contribution in [0.3, 0.4) is 0 Å². The van der Waals surface area contributed by atoms with Crippen molar-refractivity contribution in [3.05, 3.63) is 76.3 Å². The fourth-order valence-corrected chi connectivity index (χ4v) is 5.34. The zero-order valence-corrected chi connectivity index (χ0v) is 21.0. The molecule has 2 aromatic heterocycles. The summed E-state index contributed by atoms with van der Waals surface area (Å²) >= 11 is 12.9. The van der Waals surface area contributed by atoms with E-state index in [1.54, 1.807) is 12.4 Å². The first-order chi connectivity index (χ1) is 16.3. The molecule has 0 aliphatic carbocycles. The van der Waals surface area contributed by atoms with Gasteiger partial charge in [0, 0.05) is 38.6 Å². The lowest BCUT2D eigenvalue weighted by Gasteiger charge is -2.41. The summed E-state index contributed by atoms with van der Waals surface area (Å²) in [7, 11) is 0. The van der Waals surface area contributed by atoms with Crippen molar-refractivity contribution in [2.24, 2.45) is 0 Å². The first-order valence-corrected chi connectivity index (χ1v) is 12.1. The zero-order valence-electron chi connectivity index (χ0n) is 19.5. The second kappa shape index (κ2) is 9.13. The number of aromatic nitrogens is 5. The SMILES string of the molecule is CC(C)(C)n1nnnc1C(c1cccc2ccccc12)N1CCN(c2c(Cl)cncc2Cl)CC1. The van der Waals surface area contributed by atoms with E-state index >= 15 is 0 Å². The first-order valence-electron chi connectivity index (χ1n) is 11.4. The summed E-state index contributed by atoms with van der Waals surface area (Å²) in [6.07, 6.45) is 3.29. The monoisotopic (exact) mass is 495 g/mol. The highest BCUT2D eigenvalue weighted by Gasteiger charge is 2.34. The molecule has 3 heterocycles.